The van der Waals surface area contributed by atoms with Gasteiger partial charge in [-0.15, -0.1) is 16.4 Å². The summed E-state index contributed by atoms with van der Waals surface area (Å²) >= 11 is 1.54. The number of rotatable bonds is 4. The third-order valence-electron chi connectivity index (χ3n) is 2.22. The van der Waals surface area contributed by atoms with Gasteiger partial charge in [0.25, 0.3) is 0 Å². The lowest BCUT2D eigenvalue weighted by atomic mass is 10.3. The van der Waals surface area contributed by atoms with Crippen molar-refractivity contribution in [1.82, 2.24) is 20.0 Å². The van der Waals surface area contributed by atoms with Crippen LogP contribution in [0, 0.1) is 6.92 Å². The molecule has 0 radical (unpaired) electrons. The summed E-state index contributed by atoms with van der Waals surface area (Å²) < 4.78 is 6.53. The zero-order valence-electron chi connectivity index (χ0n) is 9.58. The van der Waals surface area contributed by atoms with Crippen LogP contribution in [0.4, 0.5) is 0 Å². The first-order valence-electron chi connectivity index (χ1n) is 5.18. The minimum atomic E-state index is -0.435. The summed E-state index contributed by atoms with van der Waals surface area (Å²) in [7, 11) is 0. The Morgan fingerprint density at radius 2 is 2.41 bits per heavy atom. The molecule has 0 fully saturated rings. The Hall–Kier alpha value is -1.76. The van der Waals surface area contributed by atoms with Crippen molar-refractivity contribution in [3.8, 4) is 0 Å². The van der Waals surface area contributed by atoms with Crippen LogP contribution >= 0.6 is 11.3 Å². The zero-order valence-corrected chi connectivity index (χ0v) is 10.4. The zero-order chi connectivity index (χ0) is 12.3. The van der Waals surface area contributed by atoms with Crippen LogP contribution in [-0.2, 0) is 11.3 Å². The predicted molar refractivity (Wildman–Crippen MR) is 61.9 cm³/mol. The van der Waals surface area contributed by atoms with Crippen molar-refractivity contribution < 1.29 is 9.53 Å². The molecule has 0 amide bonds. The summed E-state index contributed by atoms with van der Waals surface area (Å²) in [4.78, 5) is 15.7. The molecule has 0 saturated heterocycles. The van der Waals surface area contributed by atoms with Gasteiger partial charge in [-0.05, 0) is 13.8 Å². The monoisotopic (exact) mass is 252 g/mol. The van der Waals surface area contributed by atoms with Crippen LogP contribution in [-0.4, -0.2) is 32.6 Å². The van der Waals surface area contributed by atoms with Crippen LogP contribution in [0.25, 0.3) is 0 Å². The normalized spacial score (nSPS) is 10.5. The third-order valence-corrected chi connectivity index (χ3v) is 2.98. The topological polar surface area (TPSA) is 69.9 Å². The van der Waals surface area contributed by atoms with Crippen molar-refractivity contribution in [2.45, 2.75) is 20.4 Å². The summed E-state index contributed by atoms with van der Waals surface area (Å²) in [6, 6.07) is 0. The Kier molecular flexibility index (Phi) is 3.48. The number of esters is 1. The second-order valence-corrected chi connectivity index (χ2v) is 4.31. The van der Waals surface area contributed by atoms with Crippen LogP contribution in [0.15, 0.2) is 11.6 Å². The lowest BCUT2D eigenvalue weighted by Crippen LogP contribution is -2.08. The molecule has 0 aromatic carbocycles. The smallest absolute Gasteiger partial charge is 0.360 e. The van der Waals surface area contributed by atoms with Crippen molar-refractivity contribution >= 4 is 17.3 Å². The molecule has 2 aromatic rings. The number of thiazole rings is 1. The summed E-state index contributed by atoms with van der Waals surface area (Å²) in [6.45, 7) is 4.40. The molecule has 0 aliphatic rings. The molecular formula is C10H12N4O2S. The largest absolute Gasteiger partial charge is 0.461 e. The lowest BCUT2D eigenvalue weighted by molar-refractivity contribution is 0.0518. The first kappa shape index (κ1) is 11.7. The van der Waals surface area contributed by atoms with Crippen molar-refractivity contribution in [2.75, 3.05) is 6.61 Å². The molecule has 0 saturated carbocycles. The van der Waals surface area contributed by atoms with Gasteiger partial charge in [-0.2, -0.15) is 0 Å². The fourth-order valence-electron chi connectivity index (χ4n) is 1.36. The molecule has 6 nitrogen and oxygen atoms in total. The van der Waals surface area contributed by atoms with Gasteiger partial charge in [-0.3, -0.25) is 0 Å². The van der Waals surface area contributed by atoms with Crippen LogP contribution < -0.4 is 0 Å². The van der Waals surface area contributed by atoms with Gasteiger partial charge >= 0.3 is 5.97 Å². The molecule has 0 spiro atoms. The van der Waals surface area contributed by atoms with Gasteiger partial charge < -0.3 is 4.74 Å². The molecule has 0 aliphatic carbocycles. The standard InChI is InChI=1S/C10H12N4O2S/c1-3-16-10(15)9-7(2)14(13-12-9)6-8-11-4-5-17-8/h4-5H,3,6H2,1-2H3. The Balaban J connectivity index is 2.18. The molecule has 0 unspecified atom stereocenters. The number of hydrogen-bond acceptors (Lipinski definition) is 6. The minimum Gasteiger partial charge on any atom is -0.461 e. The predicted octanol–water partition coefficient (Wildman–Crippen LogP) is 1.27. The van der Waals surface area contributed by atoms with E-state index in [0.717, 1.165) is 5.01 Å². The SMILES string of the molecule is CCOC(=O)c1nnn(Cc2nccs2)c1C. The number of carbonyl (C=O) groups is 1. The number of nitrogens with zero attached hydrogens (tertiary/aromatic N) is 4. The minimum absolute atomic E-state index is 0.267. The maximum atomic E-state index is 11.5. The highest BCUT2D eigenvalue weighted by atomic mass is 32.1. The molecule has 2 rings (SSSR count). The highest BCUT2D eigenvalue weighted by Crippen LogP contribution is 2.10. The average molecular weight is 252 g/mol. The van der Waals surface area contributed by atoms with Crippen LogP contribution in [0.3, 0.4) is 0 Å². The van der Waals surface area contributed by atoms with Gasteiger partial charge in [0.2, 0.25) is 0 Å². The van der Waals surface area contributed by atoms with Gasteiger partial charge in [0.15, 0.2) is 5.69 Å². The van der Waals surface area contributed by atoms with E-state index in [9.17, 15) is 4.79 Å². The van der Waals surface area contributed by atoms with Crippen LogP contribution in [0.2, 0.25) is 0 Å². The van der Waals surface area contributed by atoms with Gasteiger partial charge in [0, 0.05) is 11.6 Å². The van der Waals surface area contributed by atoms with E-state index in [1.165, 1.54) is 11.3 Å². The Bertz CT molecular complexity index is 506. The van der Waals surface area contributed by atoms with E-state index in [4.69, 9.17) is 4.74 Å². The van der Waals surface area contributed by atoms with E-state index in [2.05, 4.69) is 15.3 Å². The molecule has 0 aliphatic heterocycles. The fraction of sp³-hybridized carbons (Fsp3) is 0.400. The second kappa shape index (κ2) is 5.05. The maximum Gasteiger partial charge on any atom is 0.360 e. The van der Waals surface area contributed by atoms with E-state index in [1.807, 2.05) is 5.38 Å². The highest BCUT2D eigenvalue weighted by Gasteiger charge is 2.17. The van der Waals surface area contributed by atoms with Crippen molar-refractivity contribution in [3.05, 3.63) is 28.0 Å². The molecular weight excluding hydrogens is 240 g/mol. The Labute approximate surface area is 102 Å². The molecule has 17 heavy (non-hydrogen) atoms. The van der Waals surface area contributed by atoms with Crippen molar-refractivity contribution in [3.63, 3.8) is 0 Å². The van der Waals surface area contributed by atoms with Crippen molar-refractivity contribution in [2.24, 2.45) is 0 Å². The second-order valence-electron chi connectivity index (χ2n) is 3.33. The molecule has 0 atom stereocenters. The molecule has 0 bridgehead atoms. The Morgan fingerprint density at radius 1 is 1.59 bits per heavy atom. The van der Waals surface area contributed by atoms with Gasteiger partial charge in [-0.1, -0.05) is 5.21 Å². The third kappa shape index (κ3) is 2.50. The molecule has 2 aromatic heterocycles. The maximum absolute atomic E-state index is 11.5. The van der Waals surface area contributed by atoms with Crippen LogP contribution in [0.1, 0.15) is 28.1 Å². The van der Waals surface area contributed by atoms with Crippen molar-refractivity contribution in [1.29, 1.82) is 0 Å². The fourth-order valence-corrected chi connectivity index (χ4v) is 1.96. The average Bonchev–Trinajstić information content (AvgIpc) is 2.91. The van der Waals surface area contributed by atoms with Crippen LogP contribution in [0.5, 0.6) is 0 Å². The van der Waals surface area contributed by atoms with Gasteiger partial charge in [0.05, 0.1) is 18.8 Å². The number of ether oxygens (including phenoxy) is 1. The van der Waals surface area contributed by atoms with E-state index < -0.39 is 5.97 Å². The summed E-state index contributed by atoms with van der Waals surface area (Å²) in [5, 5.41) is 10.6. The first-order chi connectivity index (χ1) is 8.22. The van der Waals surface area contributed by atoms with E-state index in [1.54, 1.807) is 24.7 Å². The van der Waals surface area contributed by atoms with E-state index in [0.29, 0.717) is 18.8 Å². The summed E-state index contributed by atoms with van der Waals surface area (Å²) in [5.41, 5.74) is 0.960. The summed E-state index contributed by atoms with van der Waals surface area (Å²) in [5.74, 6) is -0.435. The molecule has 2 heterocycles. The first-order valence-corrected chi connectivity index (χ1v) is 6.06. The Morgan fingerprint density at radius 3 is 3.06 bits per heavy atom. The summed E-state index contributed by atoms with van der Waals surface area (Å²) in [6.07, 6.45) is 1.73. The quantitative estimate of drug-likeness (QED) is 0.766. The molecule has 7 heteroatoms. The van der Waals surface area contributed by atoms with Gasteiger partial charge in [0.1, 0.15) is 5.01 Å². The number of carbonyl (C=O) groups excluding carboxylic acids is 1. The lowest BCUT2D eigenvalue weighted by Gasteiger charge is -2.01. The number of hydrogen-bond donors (Lipinski definition) is 0. The molecule has 0 N–H and O–H groups in total. The highest BCUT2D eigenvalue weighted by molar-refractivity contribution is 7.09. The van der Waals surface area contributed by atoms with E-state index in [-0.39, 0.29) is 5.69 Å². The van der Waals surface area contributed by atoms with E-state index >= 15 is 0 Å². The number of aromatic nitrogens is 4. The molecule has 90 valence electrons. The van der Waals surface area contributed by atoms with Gasteiger partial charge in [-0.25, -0.2) is 14.5 Å².